The van der Waals surface area contributed by atoms with Crippen LogP contribution in [0.2, 0.25) is 0 Å². The Kier molecular flexibility index (Phi) is 5.22. The molecule has 26 heavy (non-hydrogen) atoms. The molecule has 0 unspecified atom stereocenters. The smallest absolute Gasteiger partial charge is 0.359 e. The molecule has 0 aliphatic carbocycles. The van der Waals surface area contributed by atoms with Crippen molar-refractivity contribution in [1.82, 2.24) is 9.97 Å². The molecule has 0 aliphatic heterocycles. The number of esters is 1. The van der Waals surface area contributed by atoms with Crippen molar-refractivity contribution in [2.75, 3.05) is 18.1 Å². The van der Waals surface area contributed by atoms with E-state index in [1.807, 2.05) is 49.4 Å². The average molecular weight is 349 g/mol. The molecule has 0 fully saturated rings. The monoisotopic (exact) mass is 349 g/mol. The lowest BCUT2D eigenvalue weighted by Crippen LogP contribution is -2.34. The van der Waals surface area contributed by atoms with Crippen LogP contribution in [-0.4, -0.2) is 35.0 Å². The van der Waals surface area contributed by atoms with Crippen LogP contribution in [0.1, 0.15) is 23.1 Å². The Morgan fingerprint density at radius 2 is 1.81 bits per heavy atom. The van der Waals surface area contributed by atoms with Crippen molar-refractivity contribution in [2.24, 2.45) is 0 Å². The van der Waals surface area contributed by atoms with Crippen LogP contribution in [0.4, 0.5) is 5.69 Å². The van der Waals surface area contributed by atoms with E-state index in [-0.39, 0.29) is 18.2 Å². The molecule has 0 saturated heterocycles. The molecule has 0 radical (unpaired) electrons. The molecule has 6 nitrogen and oxygen atoms in total. The number of fused-ring (bicyclic) bond motifs is 1. The van der Waals surface area contributed by atoms with E-state index in [0.29, 0.717) is 12.2 Å². The Labute approximate surface area is 151 Å². The van der Waals surface area contributed by atoms with Gasteiger partial charge in [-0.2, -0.15) is 0 Å². The van der Waals surface area contributed by atoms with Gasteiger partial charge in [-0.25, -0.2) is 9.78 Å². The van der Waals surface area contributed by atoms with Crippen LogP contribution in [0.3, 0.4) is 0 Å². The van der Waals surface area contributed by atoms with Crippen molar-refractivity contribution in [3.8, 4) is 0 Å². The van der Waals surface area contributed by atoms with Crippen molar-refractivity contribution in [3.05, 3.63) is 66.2 Å². The van der Waals surface area contributed by atoms with Gasteiger partial charge in [-0.3, -0.25) is 9.78 Å². The fourth-order valence-electron chi connectivity index (χ4n) is 2.70. The third-order valence-electron chi connectivity index (χ3n) is 3.99. The maximum absolute atomic E-state index is 12.6. The number of benzene rings is 2. The molecule has 3 aromatic rings. The molecule has 0 aliphatic rings. The minimum Gasteiger partial charge on any atom is -0.451 e. The summed E-state index contributed by atoms with van der Waals surface area (Å²) in [7, 11) is 0. The standard InChI is InChI=1S/C20H19N3O3/c1-3-23(18-10-6-8-15-7-4-5-9-16(15)18)19(24)13-26-20(25)17-12-21-14(2)11-22-17/h4-12H,3,13H2,1-2H3. The van der Waals surface area contributed by atoms with E-state index in [9.17, 15) is 9.59 Å². The second-order valence-electron chi connectivity index (χ2n) is 5.76. The lowest BCUT2D eigenvalue weighted by molar-refractivity contribution is -0.121. The second kappa shape index (κ2) is 7.74. The number of nitrogens with zero attached hydrogens (tertiary/aromatic N) is 3. The van der Waals surface area contributed by atoms with Gasteiger partial charge >= 0.3 is 5.97 Å². The van der Waals surface area contributed by atoms with Gasteiger partial charge < -0.3 is 9.64 Å². The van der Waals surface area contributed by atoms with Crippen molar-refractivity contribution >= 4 is 28.3 Å². The first-order valence-electron chi connectivity index (χ1n) is 8.34. The molecule has 0 saturated carbocycles. The van der Waals surface area contributed by atoms with Gasteiger partial charge in [0.15, 0.2) is 12.3 Å². The number of likely N-dealkylation sites (N-methyl/N-ethyl adjacent to an activating group) is 1. The molecule has 0 spiro atoms. The fourth-order valence-corrected chi connectivity index (χ4v) is 2.70. The van der Waals surface area contributed by atoms with Crippen LogP contribution >= 0.6 is 0 Å². The zero-order chi connectivity index (χ0) is 18.5. The van der Waals surface area contributed by atoms with Gasteiger partial charge in [-0.15, -0.1) is 0 Å². The van der Waals surface area contributed by atoms with Gasteiger partial charge in [-0.05, 0) is 25.3 Å². The van der Waals surface area contributed by atoms with Gasteiger partial charge in [0.25, 0.3) is 5.91 Å². The number of carbonyl (C=O) groups excluding carboxylic acids is 2. The first-order valence-corrected chi connectivity index (χ1v) is 8.34. The van der Waals surface area contributed by atoms with Gasteiger partial charge in [0.2, 0.25) is 0 Å². The Morgan fingerprint density at radius 1 is 1.04 bits per heavy atom. The van der Waals surface area contributed by atoms with Crippen molar-refractivity contribution in [1.29, 1.82) is 0 Å². The molecule has 3 rings (SSSR count). The van der Waals surface area contributed by atoms with Crippen LogP contribution in [-0.2, 0) is 9.53 Å². The van der Waals surface area contributed by atoms with E-state index < -0.39 is 5.97 Å². The predicted octanol–water partition coefficient (Wildman–Crippen LogP) is 3.15. The van der Waals surface area contributed by atoms with E-state index in [1.54, 1.807) is 11.8 Å². The highest BCUT2D eigenvalue weighted by molar-refractivity contribution is 6.04. The number of aryl methyl sites for hydroxylation is 1. The number of hydrogen-bond donors (Lipinski definition) is 0. The zero-order valence-electron chi connectivity index (χ0n) is 14.7. The minimum absolute atomic E-state index is 0.0802. The van der Waals surface area contributed by atoms with E-state index in [4.69, 9.17) is 4.74 Å². The number of hydrogen-bond acceptors (Lipinski definition) is 5. The molecule has 132 valence electrons. The third-order valence-corrected chi connectivity index (χ3v) is 3.99. The number of anilines is 1. The SMILES string of the molecule is CCN(C(=O)COC(=O)c1cnc(C)cn1)c1cccc2ccccc12. The summed E-state index contributed by atoms with van der Waals surface area (Å²) in [5.41, 5.74) is 1.57. The molecule has 2 aromatic carbocycles. The van der Waals surface area contributed by atoms with E-state index in [1.165, 1.54) is 12.4 Å². The van der Waals surface area contributed by atoms with Gasteiger partial charge in [0, 0.05) is 18.1 Å². The summed E-state index contributed by atoms with van der Waals surface area (Å²) in [6, 6.07) is 13.6. The highest BCUT2D eigenvalue weighted by atomic mass is 16.5. The van der Waals surface area contributed by atoms with Crippen molar-refractivity contribution in [3.63, 3.8) is 0 Å². The summed E-state index contributed by atoms with van der Waals surface area (Å²) < 4.78 is 5.11. The topological polar surface area (TPSA) is 72.4 Å². The van der Waals surface area contributed by atoms with Gasteiger partial charge in [0.05, 0.1) is 17.6 Å². The quantitative estimate of drug-likeness (QED) is 0.662. The molecule has 1 heterocycles. The summed E-state index contributed by atoms with van der Waals surface area (Å²) in [5.74, 6) is -0.961. The molecule has 0 bridgehead atoms. The number of aromatic nitrogens is 2. The maximum atomic E-state index is 12.6. The van der Waals surface area contributed by atoms with Crippen LogP contribution < -0.4 is 4.90 Å². The van der Waals surface area contributed by atoms with E-state index in [2.05, 4.69) is 9.97 Å². The van der Waals surface area contributed by atoms with Gasteiger partial charge in [-0.1, -0.05) is 36.4 Å². The van der Waals surface area contributed by atoms with Crippen LogP contribution in [0.5, 0.6) is 0 Å². The number of ether oxygens (including phenoxy) is 1. The summed E-state index contributed by atoms with van der Waals surface area (Å²) >= 11 is 0. The molecule has 1 aromatic heterocycles. The summed E-state index contributed by atoms with van der Waals surface area (Å²) in [6.45, 7) is 3.77. The Bertz CT molecular complexity index is 933. The number of rotatable bonds is 5. The van der Waals surface area contributed by atoms with Crippen molar-refractivity contribution < 1.29 is 14.3 Å². The predicted molar refractivity (Wildman–Crippen MR) is 99.0 cm³/mol. The van der Waals surface area contributed by atoms with Crippen LogP contribution in [0.25, 0.3) is 10.8 Å². The van der Waals surface area contributed by atoms with E-state index >= 15 is 0 Å². The van der Waals surface area contributed by atoms with Crippen molar-refractivity contribution in [2.45, 2.75) is 13.8 Å². The molecular weight excluding hydrogens is 330 g/mol. The second-order valence-corrected chi connectivity index (χ2v) is 5.76. The molecule has 1 amide bonds. The summed E-state index contributed by atoms with van der Waals surface area (Å²) in [6.07, 6.45) is 2.82. The molecule has 6 heteroatoms. The van der Waals surface area contributed by atoms with Crippen LogP contribution in [0, 0.1) is 6.92 Å². The summed E-state index contributed by atoms with van der Waals surface area (Å²) in [5, 5.41) is 2.02. The van der Waals surface area contributed by atoms with Crippen LogP contribution in [0.15, 0.2) is 54.9 Å². The normalized spacial score (nSPS) is 10.5. The Hall–Kier alpha value is -3.28. The zero-order valence-corrected chi connectivity index (χ0v) is 14.7. The highest BCUT2D eigenvalue weighted by Crippen LogP contribution is 2.26. The Morgan fingerprint density at radius 3 is 2.54 bits per heavy atom. The average Bonchev–Trinajstić information content (AvgIpc) is 2.67. The molecule has 0 atom stereocenters. The van der Waals surface area contributed by atoms with Gasteiger partial charge in [0.1, 0.15) is 0 Å². The molecular formula is C20H19N3O3. The molecule has 0 N–H and O–H groups in total. The highest BCUT2D eigenvalue weighted by Gasteiger charge is 2.19. The Balaban J connectivity index is 1.74. The lowest BCUT2D eigenvalue weighted by Gasteiger charge is -2.22. The number of amides is 1. The fraction of sp³-hybridized carbons (Fsp3) is 0.200. The summed E-state index contributed by atoms with van der Waals surface area (Å²) in [4.78, 5) is 34.2. The minimum atomic E-state index is -0.667. The first kappa shape index (κ1) is 17.5. The maximum Gasteiger partial charge on any atom is 0.359 e. The first-order chi connectivity index (χ1) is 12.6. The van der Waals surface area contributed by atoms with E-state index in [0.717, 1.165) is 16.5 Å². The largest absolute Gasteiger partial charge is 0.451 e. The lowest BCUT2D eigenvalue weighted by atomic mass is 10.1. The third kappa shape index (κ3) is 3.69. The number of carbonyl (C=O) groups is 2.